The van der Waals surface area contributed by atoms with E-state index in [4.69, 9.17) is 4.84 Å². The molecule has 0 aliphatic carbocycles. The molecule has 148 valence electrons. The highest BCUT2D eigenvalue weighted by Crippen LogP contribution is 2.25. The Morgan fingerprint density at radius 2 is 2.04 bits per heavy atom. The van der Waals surface area contributed by atoms with Gasteiger partial charge in [-0.3, -0.25) is 0 Å². The molecule has 3 aromatic rings. The van der Waals surface area contributed by atoms with E-state index in [2.05, 4.69) is 17.2 Å². The van der Waals surface area contributed by atoms with Crippen LogP contribution in [0.15, 0.2) is 47.4 Å². The molecule has 0 saturated carbocycles. The Kier molecular flexibility index (Phi) is 5.07. The van der Waals surface area contributed by atoms with E-state index in [1.807, 2.05) is 31.2 Å². The van der Waals surface area contributed by atoms with Crippen molar-refractivity contribution in [3.63, 3.8) is 0 Å². The lowest BCUT2D eigenvalue weighted by Crippen LogP contribution is -2.39. The Balaban J connectivity index is 1.62. The lowest BCUT2D eigenvalue weighted by atomic mass is 10.0. The van der Waals surface area contributed by atoms with Gasteiger partial charge < -0.3 is 4.84 Å². The van der Waals surface area contributed by atoms with E-state index in [9.17, 15) is 8.42 Å². The number of hydrogen-bond acceptors (Lipinski definition) is 5. The van der Waals surface area contributed by atoms with E-state index in [0.717, 1.165) is 24.0 Å². The fourth-order valence-corrected chi connectivity index (χ4v) is 5.17. The highest BCUT2D eigenvalue weighted by Gasteiger charge is 2.29. The highest BCUT2D eigenvalue weighted by atomic mass is 32.2. The van der Waals surface area contributed by atoms with Crippen LogP contribution in [0.25, 0.3) is 11.0 Å². The van der Waals surface area contributed by atoms with Crippen LogP contribution in [0.2, 0.25) is 0 Å². The number of fused-ring (bicyclic) bond motifs is 1. The summed E-state index contributed by atoms with van der Waals surface area (Å²) in [5, 5.41) is 8.10. The molecular formula is C20H24N4O3S. The first-order valence-electron chi connectivity index (χ1n) is 9.48. The van der Waals surface area contributed by atoms with Crippen LogP contribution in [0, 0.1) is 12.8 Å². The summed E-state index contributed by atoms with van der Waals surface area (Å²) in [5.74, 6) is 0.372. The first-order chi connectivity index (χ1) is 13.4. The zero-order valence-corrected chi connectivity index (χ0v) is 16.9. The smallest absolute Gasteiger partial charge is 0.243 e. The third kappa shape index (κ3) is 3.62. The Hall–Kier alpha value is -2.45. The topological polar surface area (TPSA) is 77.3 Å². The van der Waals surface area contributed by atoms with Gasteiger partial charge in [0.15, 0.2) is 0 Å². The molecule has 0 bridgehead atoms. The molecule has 1 fully saturated rings. The lowest BCUT2D eigenvalue weighted by Gasteiger charge is -2.30. The summed E-state index contributed by atoms with van der Waals surface area (Å²) < 4.78 is 27.7. The average molecular weight is 401 g/mol. The molecule has 7 nitrogen and oxygen atoms in total. The Bertz CT molecular complexity index is 1090. The summed E-state index contributed by atoms with van der Waals surface area (Å²) in [6.45, 7) is 5.55. The van der Waals surface area contributed by atoms with E-state index < -0.39 is 10.0 Å². The zero-order valence-electron chi connectivity index (χ0n) is 16.1. The Morgan fingerprint density at radius 3 is 2.82 bits per heavy atom. The number of sulfonamides is 1. The predicted molar refractivity (Wildman–Crippen MR) is 106 cm³/mol. The SMILES string of the molecule is Cc1ccccc1COn1nnc2ccc(S(=O)(=O)N3CCC[C@H](C)C3)cc21. The maximum atomic E-state index is 13.1. The van der Waals surface area contributed by atoms with Crippen molar-refractivity contribution < 1.29 is 13.3 Å². The fraction of sp³-hybridized carbons (Fsp3) is 0.400. The molecule has 1 saturated heterocycles. The summed E-state index contributed by atoms with van der Waals surface area (Å²) in [6.07, 6.45) is 1.95. The number of piperidine rings is 1. The summed E-state index contributed by atoms with van der Waals surface area (Å²) in [4.78, 5) is 7.34. The molecule has 8 heteroatoms. The predicted octanol–water partition coefficient (Wildman–Crippen LogP) is 2.79. The number of hydrogen-bond donors (Lipinski definition) is 0. The van der Waals surface area contributed by atoms with Crippen molar-refractivity contribution in [2.75, 3.05) is 13.1 Å². The minimum Gasteiger partial charge on any atom is -0.390 e. The van der Waals surface area contributed by atoms with E-state index in [1.165, 1.54) is 4.85 Å². The van der Waals surface area contributed by atoms with Gasteiger partial charge in [0, 0.05) is 13.1 Å². The third-order valence-electron chi connectivity index (χ3n) is 5.25. The van der Waals surface area contributed by atoms with Gasteiger partial charge in [-0.25, -0.2) is 8.42 Å². The first kappa shape index (κ1) is 18.9. The van der Waals surface area contributed by atoms with E-state index in [-0.39, 0.29) is 4.90 Å². The lowest BCUT2D eigenvalue weighted by molar-refractivity contribution is 0.0748. The summed E-state index contributed by atoms with van der Waals surface area (Å²) in [5.41, 5.74) is 3.29. The quantitative estimate of drug-likeness (QED) is 0.658. The molecule has 2 heterocycles. The second kappa shape index (κ2) is 7.52. The number of aryl methyl sites for hydroxylation is 1. The van der Waals surface area contributed by atoms with Crippen LogP contribution in [0.5, 0.6) is 0 Å². The van der Waals surface area contributed by atoms with Gasteiger partial charge in [0.25, 0.3) is 0 Å². The van der Waals surface area contributed by atoms with Crippen molar-refractivity contribution in [2.24, 2.45) is 5.92 Å². The Morgan fingerprint density at radius 1 is 1.21 bits per heavy atom. The molecule has 2 aromatic carbocycles. The van der Waals surface area contributed by atoms with Crippen LogP contribution in [0.1, 0.15) is 30.9 Å². The molecule has 1 aliphatic rings. The van der Waals surface area contributed by atoms with Crippen LogP contribution in [-0.4, -0.2) is 41.0 Å². The molecule has 4 rings (SSSR count). The van der Waals surface area contributed by atoms with Crippen molar-refractivity contribution in [3.8, 4) is 0 Å². The number of aromatic nitrogens is 3. The van der Waals surface area contributed by atoms with Gasteiger partial charge in [-0.15, -0.1) is 5.10 Å². The Labute approximate surface area is 164 Å². The maximum Gasteiger partial charge on any atom is 0.243 e. The number of benzene rings is 2. The highest BCUT2D eigenvalue weighted by molar-refractivity contribution is 7.89. The first-order valence-corrected chi connectivity index (χ1v) is 10.9. The van der Waals surface area contributed by atoms with Gasteiger partial charge in [-0.05, 0) is 60.2 Å². The van der Waals surface area contributed by atoms with Crippen LogP contribution < -0.4 is 4.84 Å². The fourth-order valence-electron chi connectivity index (χ4n) is 3.55. The molecule has 0 radical (unpaired) electrons. The van der Waals surface area contributed by atoms with Crippen molar-refractivity contribution in [2.45, 2.75) is 38.2 Å². The minimum atomic E-state index is -3.55. The number of rotatable bonds is 5. The van der Waals surface area contributed by atoms with Gasteiger partial charge in [0.2, 0.25) is 10.0 Å². The summed E-state index contributed by atoms with van der Waals surface area (Å²) in [6, 6.07) is 12.8. The minimum absolute atomic E-state index is 0.247. The van der Waals surface area contributed by atoms with E-state index >= 15 is 0 Å². The van der Waals surface area contributed by atoms with Crippen LogP contribution in [-0.2, 0) is 16.6 Å². The van der Waals surface area contributed by atoms with Crippen molar-refractivity contribution in [3.05, 3.63) is 53.6 Å². The molecule has 0 N–H and O–H groups in total. The van der Waals surface area contributed by atoms with Crippen molar-refractivity contribution in [1.82, 2.24) is 19.5 Å². The van der Waals surface area contributed by atoms with Crippen LogP contribution >= 0.6 is 0 Å². The van der Waals surface area contributed by atoms with Gasteiger partial charge in [-0.1, -0.05) is 36.0 Å². The molecule has 0 unspecified atom stereocenters. The van der Waals surface area contributed by atoms with Crippen molar-refractivity contribution >= 4 is 21.1 Å². The van der Waals surface area contributed by atoms with Crippen LogP contribution in [0.3, 0.4) is 0 Å². The largest absolute Gasteiger partial charge is 0.390 e. The molecule has 0 amide bonds. The molecular weight excluding hydrogens is 376 g/mol. The second-order valence-electron chi connectivity index (χ2n) is 7.42. The van der Waals surface area contributed by atoms with Gasteiger partial charge in [0.05, 0.1) is 4.90 Å². The normalized spacial score (nSPS) is 18.4. The van der Waals surface area contributed by atoms with Gasteiger partial charge >= 0.3 is 0 Å². The zero-order chi connectivity index (χ0) is 19.7. The van der Waals surface area contributed by atoms with E-state index in [0.29, 0.717) is 36.6 Å². The summed E-state index contributed by atoms with van der Waals surface area (Å²) in [7, 11) is -3.55. The van der Waals surface area contributed by atoms with Crippen molar-refractivity contribution in [1.29, 1.82) is 0 Å². The number of nitrogens with zero attached hydrogens (tertiary/aromatic N) is 4. The summed E-state index contributed by atoms with van der Waals surface area (Å²) >= 11 is 0. The average Bonchev–Trinajstić information content (AvgIpc) is 3.10. The third-order valence-corrected chi connectivity index (χ3v) is 7.11. The molecule has 28 heavy (non-hydrogen) atoms. The maximum absolute atomic E-state index is 13.1. The standard InChI is InChI=1S/C20H24N4O3S/c1-15-6-5-11-23(13-15)28(25,26)18-9-10-19-20(12-18)24(22-21-19)27-14-17-8-4-3-7-16(17)2/h3-4,7-10,12,15H,5-6,11,13-14H2,1-2H3/t15-/m0/s1. The van der Waals surface area contributed by atoms with Gasteiger partial charge in [-0.2, -0.15) is 4.31 Å². The molecule has 1 atom stereocenters. The molecule has 0 spiro atoms. The van der Waals surface area contributed by atoms with Gasteiger partial charge in [0.1, 0.15) is 17.6 Å². The van der Waals surface area contributed by atoms with E-state index in [1.54, 1.807) is 22.5 Å². The molecule has 1 aromatic heterocycles. The monoisotopic (exact) mass is 400 g/mol. The van der Waals surface area contributed by atoms with Crippen LogP contribution in [0.4, 0.5) is 0 Å². The second-order valence-corrected chi connectivity index (χ2v) is 9.36. The molecule has 1 aliphatic heterocycles.